The Labute approximate surface area is 172 Å². The molecule has 0 radical (unpaired) electrons. The number of nitrogens with zero attached hydrogens (tertiary/aromatic N) is 3. The van der Waals surface area contributed by atoms with E-state index in [1.165, 1.54) is 0 Å². The third kappa shape index (κ3) is 6.58. The van der Waals surface area contributed by atoms with Crippen molar-refractivity contribution in [3.05, 3.63) is 46.3 Å². The first-order valence-electron chi connectivity index (χ1n) is 8.03. The number of pyridine rings is 1. The van der Waals surface area contributed by atoms with Crippen LogP contribution in [0, 0.1) is 15.9 Å². The maximum absolute atomic E-state index is 14.7. The van der Waals surface area contributed by atoms with Crippen molar-refractivity contribution >= 4 is 23.3 Å². The molecular weight excluding hydrogens is 463 g/mol. The Hall–Kier alpha value is -3.85. The summed E-state index contributed by atoms with van der Waals surface area (Å²) in [6.45, 7) is -4.07. The van der Waals surface area contributed by atoms with Crippen molar-refractivity contribution < 1.29 is 55.0 Å². The average Bonchev–Trinajstić information content (AvgIpc) is 2.66. The number of nitro benzene ring substituents is 1. The first kappa shape index (κ1) is 24.4. The Balaban J connectivity index is 2.57. The number of hydrogen-bond donors (Lipinski definition) is 0. The second-order valence-electron chi connectivity index (χ2n) is 5.78. The summed E-state index contributed by atoms with van der Waals surface area (Å²) in [5, 5.41) is 22.3. The molecule has 174 valence electrons. The van der Waals surface area contributed by atoms with Crippen LogP contribution < -0.4 is 19.5 Å². The van der Waals surface area contributed by atoms with E-state index in [2.05, 4.69) is 14.5 Å². The van der Waals surface area contributed by atoms with Gasteiger partial charge in [-0.2, -0.15) is 35.7 Å². The fourth-order valence-electron chi connectivity index (χ4n) is 2.15. The smallest absolute Gasteiger partial charge is 0.422 e. The minimum absolute atomic E-state index is 0.0834. The molecule has 1 aromatic carbocycles. The summed E-state index contributed by atoms with van der Waals surface area (Å²) in [5.74, 6) is -5.60. The van der Waals surface area contributed by atoms with Crippen LogP contribution in [0.1, 0.15) is 0 Å². The molecule has 1 heterocycles. The molecule has 1 amide bonds. The molecule has 16 heteroatoms. The number of amides is 1. The lowest BCUT2D eigenvalue weighted by atomic mass is 10.2. The lowest BCUT2D eigenvalue weighted by molar-refractivity contribution is -0.384. The maximum atomic E-state index is 14.7. The van der Waals surface area contributed by atoms with Crippen LogP contribution in [0.25, 0.3) is 0 Å². The lowest BCUT2D eigenvalue weighted by Crippen LogP contribution is -2.39. The zero-order chi connectivity index (χ0) is 24.3. The van der Waals surface area contributed by atoms with Crippen LogP contribution in [0.2, 0.25) is 0 Å². The minimum Gasteiger partial charge on any atom is -0.529 e. The van der Waals surface area contributed by atoms with Gasteiger partial charge in [-0.1, -0.05) is 0 Å². The Bertz CT molecular complexity index is 995. The third-order valence-electron chi connectivity index (χ3n) is 3.37. The standard InChI is InChI=1S/C16H10F7N3O6/c17-12-10(31-6-15(18,19)20)5-11(32-7-16(21,22)23)24-13(12)25(14(27)28)8-1-3-9(4-2-8)26(29)30/h1-5H,6-7H2,(H,27,28)/p-1. The molecule has 32 heavy (non-hydrogen) atoms. The minimum atomic E-state index is -4.98. The molecular formula is C16H9F7N3O6-. The van der Waals surface area contributed by atoms with E-state index in [-0.39, 0.29) is 11.0 Å². The van der Waals surface area contributed by atoms with Crippen molar-refractivity contribution in [2.75, 3.05) is 18.1 Å². The predicted octanol–water partition coefficient (Wildman–Crippen LogP) is 3.49. The van der Waals surface area contributed by atoms with E-state index >= 15 is 0 Å². The third-order valence-corrected chi connectivity index (χ3v) is 3.37. The summed E-state index contributed by atoms with van der Waals surface area (Å²) in [6, 6.07) is 3.46. The molecule has 9 nitrogen and oxygen atoms in total. The fraction of sp³-hybridized carbons (Fsp3) is 0.250. The summed E-state index contributed by atoms with van der Waals surface area (Å²) >= 11 is 0. The van der Waals surface area contributed by atoms with Gasteiger partial charge >= 0.3 is 12.4 Å². The highest BCUT2D eigenvalue weighted by Gasteiger charge is 2.32. The molecule has 0 aliphatic carbocycles. The van der Waals surface area contributed by atoms with Crippen LogP contribution in [0.5, 0.6) is 11.6 Å². The lowest BCUT2D eigenvalue weighted by Gasteiger charge is -2.25. The number of benzene rings is 1. The first-order chi connectivity index (χ1) is 14.7. The number of hydrogen-bond acceptors (Lipinski definition) is 7. The van der Waals surface area contributed by atoms with E-state index < -0.39 is 71.2 Å². The zero-order valence-electron chi connectivity index (χ0n) is 15.2. The highest BCUT2D eigenvalue weighted by Crippen LogP contribution is 2.35. The van der Waals surface area contributed by atoms with Gasteiger partial charge in [0, 0.05) is 23.9 Å². The van der Waals surface area contributed by atoms with Gasteiger partial charge in [-0.05, 0) is 12.1 Å². The van der Waals surface area contributed by atoms with E-state index in [1.54, 1.807) is 0 Å². The number of carbonyl (C=O) groups excluding carboxylic acids is 1. The van der Waals surface area contributed by atoms with Gasteiger partial charge in [0.05, 0.1) is 4.92 Å². The van der Waals surface area contributed by atoms with E-state index in [0.717, 1.165) is 24.3 Å². The topological polar surface area (TPSA) is 118 Å². The molecule has 1 aromatic heterocycles. The van der Waals surface area contributed by atoms with Gasteiger partial charge in [0.1, 0.15) is 6.09 Å². The van der Waals surface area contributed by atoms with Crippen molar-refractivity contribution in [2.24, 2.45) is 0 Å². The molecule has 0 unspecified atom stereocenters. The van der Waals surface area contributed by atoms with E-state index in [1.807, 2.05) is 0 Å². The molecule has 0 aliphatic heterocycles. The Morgan fingerprint density at radius 3 is 2.03 bits per heavy atom. The van der Waals surface area contributed by atoms with Crippen LogP contribution in [0.15, 0.2) is 30.3 Å². The highest BCUT2D eigenvalue weighted by molar-refractivity contribution is 5.93. The monoisotopic (exact) mass is 472 g/mol. The number of nitro groups is 1. The van der Waals surface area contributed by atoms with E-state index in [4.69, 9.17) is 0 Å². The largest absolute Gasteiger partial charge is 0.529 e. The number of carboxylic acid groups (broad SMARTS) is 1. The first-order valence-corrected chi connectivity index (χ1v) is 8.03. The summed E-state index contributed by atoms with van der Waals surface area (Å²) in [5.41, 5.74) is -1.03. The molecule has 0 N–H and O–H groups in total. The van der Waals surface area contributed by atoms with Gasteiger partial charge in [-0.15, -0.1) is 0 Å². The predicted molar refractivity (Wildman–Crippen MR) is 87.9 cm³/mol. The van der Waals surface area contributed by atoms with Gasteiger partial charge < -0.3 is 19.4 Å². The van der Waals surface area contributed by atoms with Gasteiger partial charge in [0.25, 0.3) is 5.69 Å². The second-order valence-corrected chi connectivity index (χ2v) is 5.78. The van der Waals surface area contributed by atoms with Gasteiger partial charge in [0.2, 0.25) is 11.7 Å². The maximum Gasteiger partial charge on any atom is 0.422 e. The molecule has 0 spiro atoms. The Morgan fingerprint density at radius 2 is 1.56 bits per heavy atom. The van der Waals surface area contributed by atoms with Crippen molar-refractivity contribution in [2.45, 2.75) is 12.4 Å². The van der Waals surface area contributed by atoms with Gasteiger partial charge in [-0.3, -0.25) is 15.0 Å². The molecule has 0 aliphatic rings. The molecule has 2 rings (SSSR count). The van der Waals surface area contributed by atoms with Crippen molar-refractivity contribution in [1.82, 2.24) is 4.98 Å². The van der Waals surface area contributed by atoms with Crippen LogP contribution >= 0.6 is 0 Å². The number of anilines is 2. The van der Waals surface area contributed by atoms with Crippen molar-refractivity contribution in [1.29, 1.82) is 0 Å². The normalized spacial score (nSPS) is 11.7. The number of rotatable bonds is 7. The van der Waals surface area contributed by atoms with Crippen LogP contribution in [0.3, 0.4) is 0 Å². The number of aromatic nitrogens is 1. The van der Waals surface area contributed by atoms with Gasteiger partial charge in [-0.25, -0.2) is 0 Å². The number of alkyl halides is 6. The average molecular weight is 472 g/mol. The van der Waals surface area contributed by atoms with E-state index in [9.17, 15) is 50.7 Å². The summed E-state index contributed by atoms with van der Waals surface area (Å²) in [4.78, 5) is 24.6. The molecule has 0 saturated carbocycles. The van der Waals surface area contributed by atoms with Crippen LogP contribution in [-0.2, 0) is 0 Å². The SMILES string of the molecule is O=C([O-])N(c1ccc([N+](=O)[O-])cc1)c1nc(OCC(F)(F)F)cc(OCC(F)(F)F)c1F. The molecule has 0 fully saturated rings. The molecule has 2 aromatic rings. The number of non-ortho nitro benzene ring substituents is 1. The second kappa shape index (κ2) is 9.11. The summed E-state index contributed by atoms with van der Waals surface area (Å²) in [6.07, 6.45) is -12.1. The van der Waals surface area contributed by atoms with Crippen molar-refractivity contribution in [3.63, 3.8) is 0 Å². The number of carbonyl (C=O) groups is 1. The fourth-order valence-corrected chi connectivity index (χ4v) is 2.15. The summed E-state index contributed by atoms with van der Waals surface area (Å²) in [7, 11) is 0. The number of halogens is 7. The molecule has 0 atom stereocenters. The van der Waals surface area contributed by atoms with Gasteiger partial charge in [0.15, 0.2) is 24.8 Å². The molecule has 0 saturated heterocycles. The zero-order valence-corrected chi connectivity index (χ0v) is 15.2. The Kier molecular flexibility index (Phi) is 6.95. The quantitative estimate of drug-likeness (QED) is 0.344. The number of ether oxygens (including phenoxy) is 2. The Morgan fingerprint density at radius 1 is 1.03 bits per heavy atom. The molecule has 0 bridgehead atoms. The summed E-state index contributed by atoms with van der Waals surface area (Å²) < 4.78 is 97.7. The van der Waals surface area contributed by atoms with E-state index in [0.29, 0.717) is 0 Å². The van der Waals surface area contributed by atoms with Crippen LogP contribution in [0.4, 0.5) is 52.7 Å². The van der Waals surface area contributed by atoms with Crippen molar-refractivity contribution in [3.8, 4) is 11.6 Å². The highest BCUT2D eigenvalue weighted by atomic mass is 19.4. The van der Waals surface area contributed by atoms with Crippen LogP contribution in [-0.4, -0.2) is 41.6 Å².